The van der Waals surface area contributed by atoms with E-state index in [1.54, 1.807) is 0 Å². The number of phenols is 1. The van der Waals surface area contributed by atoms with Crippen molar-refractivity contribution < 1.29 is 13.9 Å². The van der Waals surface area contributed by atoms with Crippen molar-refractivity contribution in [1.82, 2.24) is 0 Å². The van der Waals surface area contributed by atoms with E-state index in [1.165, 1.54) is 12.1 Å². The summed E-state index contributed by atoms with van der Waals surface area (Å²) in [5.74, 6) is 0.476. The van der Waals surface area contributed by atoms with Crippen molar-refractivity contribution in [3.05, 3.63) is 41.0 Å². The second-order valence-electron chi connectivity index (χ2n) is 4.44. The Balaban J connectivity index is 0.000000956. The molecule has 0 saturated heterocycles. The lowest BCUT2D eigenvalue weighted by atomic mass is 9.92. The third kappa shape index (κ3) is 2.60. The monoisotopic (exact) mass is 276 g/mol. The molecule has 2 aromatic rings. The fourth-order valence-electron chi connectivity index (χ4n) is 2.08. The zero-order valence-electron chi connectivity index (χ0n) is 12.1. The Bertz CT molecular complexity index is 667. The van der Waals surface area contributed by atoms with Crippen molar-refractivity contribution in [2.24, 2.45) is 0 Å². The maximum atomic E-state index is 13.8. The van der Waals surface area contributed by atoms with Crippen LogP contribution in [-0.4, -0.2) is 5.11 Å². The molecule has 0 fully saturated rings. The predicted molar refractivity (Wildman–Crippen MR) is 78.9 cm³/mol. The molecule has 0 radical (unpaired) electrons. The summed E-state index contributed by atoms with van der Waals surface area (Å²) in [7, 11) is 0. The van der Waals surface area contributed by atoms with E-state index >= 15 is 0 Å². The number of rotatable bonds is 1. The van der Waals surface area contributed by atoms with Crippen LogP contribution in [0.1, 0.15) is 44.7 Å². The van der Waals surface area contributed by atoms with Crippen molar-refractivity contribution in [3.8, 4) is 18.1 Å². The van der Waals surface area contributed by atoms with Crippen molar-refractivity contribution in [3.63, 3.8) is 0 Å². The van der Waals surface area contributed by atoms with Gasteiger partial charge in [-0.1, -0.05) is 33.6 Å². The molecule has 0 amide bonds. The molecule has 0 spiro atoms. The molecule has 0 aliphatic heterocycles. The number of benzene rings is 2. The minimum absolute atomic E-state index is 0.00657. The second kappa shape index (κ2) is 6.38. The van der Waals surface area contributed by atoms with E-state index < -0.39 is 17.4 Å². The summed E-state index contributed by atoms with van der Waals surface area (Å²) < 4.78 is 27.5. The molecule has 0 saturated carbocycles. The number of halogens is 2. The topological polar surface area (TPSA) is 20.2 Å². The van der Waals surface area contributed by atoms with Gasteiger partial charge in [0, 0.05) is 10.8 Å². The van der Waals surface area contributed by atoms with E-state index in [0.29, 0.717) is 10.9 Å². The molecule has 0 aliphatic carbocycles. The molecule has 2 rings (SSSR count). The molecular formula is C17H18F2O. The standard InChI is InChI=1S/C15H12F2O.C2H6/c1-4-9-12(16)6-5-10-14(9)11(8(2)3)7-13(18)15(10)17;1-2/h1,5-8,18H,2-3H3;1-2H3. The summed E-state index contributed by atoms with van der Waals surface area (Å²) in [5, 5.41) is 10.1. The first-order valence-corrected chi connectivity index (χ1v) is 6.57. The zero-order valence-corrected chi connectivity index (χ0v) is 12.1. The van der Waals surface area contributed by atoms with E-state index in [0.717, 1.165) is 6.07 Å². The number of hydrogen-bond donors (Lipinski definition) is 1. The van der Waals surface area contributed by atoms with Gasteiger partial charge in [0.2, 0.25) is 0 Å². The van der Waals surface area contributed by atoms with E-state index in [1.807, 2.05) is 27.7 Å². The quantitative estimate of drug-likeness (QED) is 0.730. The fraction of sp³-hybridized carbons (Fsp3) is 0.294. The lowest BCUT2D eigenvalue weighted by Crippen LogP contribution is -1.97. The Morgan fingerprint density at radius 2 is 1.80 bits per heavy atom. The summed E-state index contributed by atoms with van der Waals surface area (Å²) in [6, 6.07) is 3.72. The van der Waals surface area contributed by atoms with Crippen molar-refractivity contribution in [2.75, 3.05) is 0 Å². The van der Waals surface area contributed by atoms with Crippen LogP contribution in [0.25, 0.3) is 10.8 Å². The van der Waals surface area contributed by atoms with Crippen LogP contribution in [0.5, 0.6) is 5.75 Å². The molecule has 0 heterocycles. The summed E-state index contributed by atoms with van der Waals surface area (Å²) in [6.45, 7) is 7.74. The lowest BCUT2D eigenvalue weighted by molar-refractivity contribution is 0.435. The number of terminal acetylenes is 1. The van der Waals surface area contributed by atoms with Gasteiger partial charge in [-0.2, -0.15) is 0 Å². The first-order valence-electron chi connectivity index (χ1n) is 6.57. The van der Waals surface area contributed by atoms with Crippen LogP contribution < -0.4 is 0 Å². The van der Waals surface area contributed by atoms with Gasteiger partial charge in [0.05, 0.1) is 5.56 Å². The molecule has 0 aromatic heterocycles. The SMILES string of the molecule is C#Cc1c(F)ccc2c(F)c(O)cc(C(C)C)c12.CC. The largest absolute Gasteiger partial charge is 0.505 e. The van der Waals surface area contributed by atoms with Crippen LogP contribution >= 0.6 is 0 Å². The Morgan fingerprint density at radius 3 is 2.30 bits per heavy atom. The molecular weight excluding hydrogens is 258 g/mol. The highest BCUT2D eigenvalue weighted by Gasteiger charge is 2.18. The van der Waals surface area contributed by atoms with Gasteiger partial charge in [-0.3, -0.25) is 0 Å². The van der Waals surface area contributed by atoms with Crippen molar-refractivity contribution in [1.29, 1.82) is 0 Å². The van der Waals surface area contributed by atoms with Gasteiger partial charge < -0.3 is 5.11 Å². The number of hydrogen-bond acceptors (Lipinski definition) is 1. The van der Waals surface area contributed by atoms with Gasteiger partial charge in [0.1, 0.15) is 5.82 Å². The molecule has 1 N–H and O–H groups in total. The van der Waals surface area contributed by atoms with Gasteiger partial charge in [-0.15, -0.1) is 6.42 Å². The Morgan fingerprint density at radius 1 is 1.20 bits per heavy atom. The lowest BCUT2D eigenvalue weighted by Gasteiger charge is -2.14. The summed E-state index contributed by atoms with van der Waals surface area (Å²) in [6.07, 6.45) is 5.30. The normalized spacial score (nSPS) is 10.1. The second-order valence-corrected chi connectivity index (χ2v) is 4.44. The minimum atomic E-state index is -0.772. The van der Waals surface area contributed by atoms with Crippen LogP contribution in [0.3, 0.4) is 0 Å². The Labute approximate surface area is 118 Å². The summed E-state index contributed by atoms with van der Waals surface area (Å²) in [4.78, 5) is 0. The fourth-order valence-corrected chi connectivity index (χ4v) is 2.08. The highest BCUT2D eigenvalue weighted by atomic mass is 19.1. The van der Waals surface area contributed by atoms with Crippen LogP contribution in [-0.2, 0) is 0 Å². The van der Waals surface area contributed by atoms with E-state index in [9.17, 15) is 13.9 Å². The minimum Gasteiger partial charge on any atom is -0.505 e. The summed E-state index contributed by atoms with van der Waals surface area (Å²) in [5.41, 5.74) is 0.673. The van der Waals surface area contributed by atoms with E-state index in [-0.39, 0.29) is 16.9 Å². The van der Waals surface area contributed by atoms with Crippen LogP contribution in [0.2, 0.25) is 0 Å². The average Bonchev–Trinajstić information content (AvgIpc) is 2.44. The number of phenolic OH excluding ortho intramolecular Hbond substituents is 1. The maximum Gasteiger partial charge on any atom is 0.172 e. The van der Waals surface area contributed by atoms with Gasteiger partial charge >= 0.3 is 0 Å². The predicted octanol–water partition coefficient (Wildman–Crippen LogP) is 4.95. The Kier molecular flexibility index (Phi) is 5.10. The molecule has 1 nitrogen and oxygen atoms in total. The third-order valence-electron chi connectivity index (χ3n) is 2.96. The van der Waals surface area contributed by atoms with Gasteiger partial charge in [-0.25, -0.2) is 8.78 Å². The molecule has 106 valence electrons. The molecule has 0 bridgehead atoms. The smallest absolute Gasteiger partial charge is 0.172 e. The number of aromatic hydroxyl groups is 1. The van der Waals surface area contributed by atoms with Gasteiger partial charge in [-0.05, 0) is 29.7 Å². The molecule has 3 heteroatoms. The van der Waals surface area contributed by atoms with Gasteiger partial charge in [0.15, 0.2) is 11.6 Å². The van der Waals surface area contributed by atoms with E-state index in [2.05, 4.69) is 5.92 Å². The maximum absolute atomic E-state index is 13.8. The van der Waals surface area contributed by atoms with Crippen molar-refractivity contribution >= 4 is 10.8 Å². The Hall–Kier alpha value is -2.08. The van der Waals surface area contributed by atoms with Crippen molar-refractivity contribution in [2.45, 2.75) is 33.6 Å². The van der Waals surface area contributed by atoms with Crippen LogP contribution in [0.4, 0.5) is 8.78 Å². The molecule has 0 unspecified atom stereocenters. The van der Waals surface area contributed by atoms with Crippen LogP contribution in [0, 0.1) is 24.0 Å². The number of fused-ring (bicyclic) bond motifs is 1. The molecule has 2 aromatic carbocycles. The first-order chi connectivity index (χ1) is 9.47. The molecule has 20 heavy (non-hydrogen) atoms. The molecule has 0 aliphatic rings. The zero-order chi connectivity index (χ0) is 15.4. The van der Waals surface area contributed by atoms with Gasteiger partial charge in [0.25, 0.3) is 0 Å². The highest BCUT2D eigenvalue weighted by molar-refractivity contribution is 5.93. The molecule has 0 atom stereocenters. The first kappa shape index (κ1) is 16.0. The van der Waals surface area contributed by atoms with E-state index in [4.69, 9.17) is 6.42 Å². The summed E-state index contributed by atoms with van der Waals surface area (Å²) >= 11 is 0. The highest BCUT2D eigenvalue weighted by Crippen LogP contribution is 2.35. The van der Waals surface area contributed by atoms with Crippen LogP contribution in [0.15, 0.2) is 18.2 Å². The average molecular weight is 276 g/mol. The third-order valence-corrected chi connectivity index (χ3v) is 2.96.